The maximum Gasteiger partial charge on any atom is 0.393 e. The second-order valence-electron chi connectivity index (χ2n) is 2.74. The lowest BCUT2D eigenvalue weighted by molar-refractivity contribution is -0.127. The zero-order chi connectivity index (χ0) is 10.8. The zero-order valence-electron chi connectivity index (χ0n) is 7.01. The van der Waals surface area contributed by atoms with Gasteiger partial charge in [-0.05, 0) is 11.6 Å². The fraction of sp³-hybridized carbons (Fsp3) is 0.250. The van der Waals surface area contributed by atoms with E-state index in [9.17, 15) is 18.0 Å². The number of alkyl halides is 3. The molecule has 0 radical (unpaired) electrons. The summed E-state index contributed by atoms with van der Waals surface area (Å²) in [5.74, 6) is -0.790. The van der Waals surface area contributed by atoms with Crippen molar-refractivity contribution in [1.29, 1.82) is 0 Å². The van der Waals surface area contributed by atoms with E-state index in [1.807, 2.05) is 0 Å². The second kappa shape index (κ2) is 3.65. The van der Waals surface area contributed by atoms with Gasteiger partial charge in [0.2, 0.25) is 5.91 Å². The minimum Gasteiger partial charge on any atom is -0.366 e. The van der Waals surface area contributed by atoms with Crippen molar-refractivity contribution >= 4 is 5.91 Å². The smallest absolute Gasteiger partial charge is 0.366 e. The molecule has 0 fully saturated rings. The number of pyridine rings is 1. The molecule has 1 heterocycles. The maximum absolute atomic E-state index is 11.9. The molecule has 0 aromatic carbocycles. The van der Waals surface area contributed by atoms with Gasteiger partial charge >= 0.3 is 6.18 Å². The van der Waals surface area contributed by atoms with Crippen LogP contribution < -0.4 is 5.73 Å². The Morgan fingerprint density at radius 1 is 1.43 bits per heavy atom. The van der Waals surface area contributed by atoms with Crippen LogP contribution in [0.4, 0.5) is 13.2 Å². The molecule has 1 aromatic rings. The van der Waals surface area contributed by atoms with Crippen LogP contribution in [0.5, 0.6) is 0 Å². The Kier molecular flexibility index (Phi) is 2.73. The van der Waals surface area contributed by atoms with Crippen LogP contribution in [-0.4, -0.2) is 17.1 Å². The first kappa shape index (κ1) is 10.5. The van der Waals surface area contributed by atoms with Gasteiger partial charge in [0, 0.05) is 12.4 Å². The highest BCUT2D eigenvalue weighted by molar-refractivity contribution is 5.92. The molecule has 0 aliphatic carbocycles. The number of nitrogens with zero attached hydrogens (tertiary/aromatic N) is 1. The van der Waals surface area contributed by atoms with Crippen LogP contribution in [-0.2, 0) is 6.42 Å². The summed E-state index contributed by atoms with van der Waals surface area (Å²) < 4.78 is 35.8. The maximum atomic E-state index is 11.9. The van der Waals surface area contributed by atoms with E-state index in [0.717, 1.165) is 18.5 Å². The fourth-order valence-corrected chi connectivity index (χ4v) is 0.950. The molecule has 0 aliphatic rings. The van der Waals surface area contributed by atoms with Crippen molar-refractivity contribution in [3.63, 3.8) is 0 Å². The molecule has 0 saturated heterocycles. The van der Waals surface area contributed by atoms with E-state index in [1.54, 1.807) is 0 Å². The molecule has 1 aromatic heterocycles. The number of primary amides is 1. The Labute approximate surface area is 77.7 Å². The highest BCUT2D eigenvalue weighted by atomic mass is 19.4. The average molecular weight is 204 g/mol. The normalized spacial score (nSPS) is 11.4. The van der Waals surface area contributed by atoms with Gasteiger partial charge in [-0.15, -0.1) is 0 Å². The topological polar surface area (TPSA) is 56.0 Å². The highest BCUT2D eigenvalue weighted by Gasteiger charge is 2.27. The first-order chi connectivity index (χ1) is 6.38. The van der Waals surface area contributed by atoms with Crippen LogP contribution in [0, 0.1) is 0 Å². The molecular weight excluding hydrogens is 197 g/mol. The Bertz CT molecular complexity index is 349. The molecule has 1 amide bonds. The third-order valence-corrected chi connectivity index (χ3v) is 1.48. The van der Waals surface area contributed by atoms with Crippen molar-refractivity contribution in [2.45, 2.75) is 12.6 Å². The van der Waals surface area contributed by atoms with Crippen molar-refractivity contribution < 1.29 is 18.0 Å². The Hall–Kier alpha value is -1.59. The first-order valence-corrected chi connectivity index (χ1v) is 3.69. The number of hydrogen-bond donors (Lipinski definition) is 1. The van der Waals surface area contributed by atoms with Gasteiger partial charge in [-0.25, -0.2) is 0 Å². The van der Waals surface area contributed by atoms with E-state index in [-0.39, 0.29) is 11.1 Å². The lowest BCUT2D eigenvalue weighted by atomic mass is 10.1. The van der Waals surface area contributed by atoms with Gasteiger partial charge < -0.3 is 5.73 Å². The fourth-order valence-electron chi connectivity index (χ4n) is 0.950. The van der Waals surface area contributed by atoms with Crippen molar-refractivity contribution in [3.8, 4) is 0 Å². The standard InChI is InChI=1S/C8H7F3N2O/c9-8(10,11)2-5-1-6(7(12)14)4-13-3-5/h1,3-4H,2H2,(H2,12,14). The van der Waals surface area contributed by atoms with Crippen LogP contribution >= 0.6 is 0 Å². The number of carbonyl (C=O) groups excluding carboxylic acids is 1. The van der Waals surface area contributed by atoms with Crippen LogP contribution in [0.15, 0.2) is 18.5 Å². The molecule has 1 rings (SSSR count). The van der Waals surface area contributed by atoms with Gasteiger partial charge in [0.1, 0.15) is 0 Å². The molecule has 76 valence electrons. The summed E-state index contributed by atoms with van der Waals surface area (Å²) in [7, 11) is 0. The van der Waals surface area contributed by atoms with E-state index < -0.39 is 18.5 Å². The van der Waals surface area contributed by atoms with E-state index in [0.29, 0.717) is 0 Å². The molecule has 2 N–H and O–H groups in total. The predicted molar refractivity (Wildman–Crippen MR) is 42.5 cm³/mol. The highest BCUT2D eigenvalue weighted by Crippen LogP contribution is 2.20. The number of halogens is 3. The summed E-state index contributed by atoms with van der Waals surface area (Å²) in [5.41, 5.74) is 4.79. The summed E-state index contributed by atoms with van der Waals surface area (Å²) in [5, 5.41) is 0. The molecule has 0 unspecified atom stereocenters. The number of carbonyl (C=O) groups is 1. The van der Waals surface area contributed by atoms with Crippen molar-refractivity contribution in [2.24, 2.45) is 5.73 Å². The molecule has 0 spiro atoms. The van der Waals surface area contributed by atoms with Gasteiger partial charge in [-0.3, -0.25) is 9.78 Å². The largest absolute Gasteiger partial charge is 0.393 e. The molecule has 0 aliphatic heterocycles. The van der Waals surface area contributed by atoms with Gasteiger partial charge in [0.05, 0.1) is 12.0 Å². The minimum absolute atomic E-state index is 0.0215. The third-order valence-electron chi connectivity index (χ3n) is 1.48. The SMILES string of the molecule is NC(=O)c1cncc(CC(F)(F)F)c1. The van der Waals surface area contributed by atoms with Gasteiger partial charge in [-0.2, -0.15) is 13.2 Å². The van der Waals surface area contributed by atoms with Crippen molar-refractivity contribution in [3.05, 3.63) is 29.6 Å². The van der Waals surface area contributed by atoms with Crippen molar-refractivity contribution in [1.82, 2.24) is 4.98 Å². The van der Waals surface area contributed by atoms with E-state index in [1.165, 1.54) is 0 Å². The molecular formula is C8H7F3N2O. The predicted octanol–water partition coefficient (Wildman–Crippen LogP) is 1.29. The number of aromatic nitrogens is 1. The molecule has 0 bridgehead atoms. The Morgan fingerprint density at radius 2 is 2.07 bits per heavy atom. The zero-order valence-corrected chi connectivity index (χ0v) is 7.01. The monoisotopic (exact) mass is 204 g/mol. The quantitative estimate of drug-likeness (QED) is 0.788. The number of amides is 1. The molecule has 3 nitrogen and oxygen atoms in total. The number of hydrogen-bond acceptors (Lipinski definition) is 2. The summed E-state index contributed by atoms with van der Waals surface area (Å²) in [6, 6.07) is 1.09. The molecule has 14 heavy (non-hydrogen) atoms. The van der Waals surface area contributed by atoms with Crippen LogP contribution in [0.25, 0.3) is 0 Å². The van der Waals surface area contributed by atoms with Gasteiger partial charge in [0.15, 0.2) is 0 Å². The van der Waals surface area contributed by atoms with E-state index >= 15 is 0 Å². The summed E-state index contributed by atoms with van der Waals surface area (Å²) in [6.45, 7) is 0. The lowest BCUT2D eigenvalue weighted by Crippen LogP contribution is -2.15. The molecule has 6 heteroatoms. The average Bonchev–Trinajstić information content (AvgIpc) is 2.01. The van der Waals surface area contributed by atoms with Crippen molar-refractivity contribution in [2.75, 3.05) is 0 Å². The minimum atomic E-state index is -4.31. The molecule has 0 saturated carbocycles. The molecule has 0 atom stereocenters. The number of rotatable bonds is 2. The van der Waals surface area contributed by atoms with E-state index in [4.69, 9.17) is 5.73 Å². The summed E-state index contributed by atoms with van der Waals surface area (Å²) in [6.07, 6.45) is -3.23. The van der Waals surface area contributed by atoms with E-state index in [2.05, 4.69) is 4.98 Å². The Morgan fingerprint density at radius 3 is 2.57 bits per heavy atom. The first-order valence-electron chi connectivity index (χ1n) is 3.69. The van der Waals surface area contributed by atoms with Gasteiger partial charge in [-0.1, -0.05) is 0 Å². The van der Waals surface area contributed by atoms with Crippen LogP contribution in [0.1, 0.15) is 15.9 Å². The number of nitrogens with two attached hydrogens (primary N) is 1. The lowest BCUT2D eigenvalue weighted by Gasteiger charge is -2.06. The van der Waals surface area contributed by atoms with Crippen LogP contribution in [0.2, 0.25) is 0 Å². The summed E-state index contributed by atoms with van der Waals surface area (Å²) >= 11 is 0. The third kappa shape index (κ3) is 3.04. The second-order valence-corrected chi connectivity index (χ2v) is 2.74. The van der Waals surface area contributed by atoms with Gasteiger partial charge in [0.25, 0.3) is 0 Å². The summed E-state index contributed by atoms with van der Waals surface area (Å²) in [4.78, 5) is 14.1. The van der Waals surface area contributed by atoms with Crippen LogP contribution in [0.3, 0.4) is 0 Å². The Balaban J connectivity index is 2.89.